The van der Waals surface area contributed by atoms with Gasteiger partial charge in [0.1, 0.15) is 10.2 Å². The molecule has 0 fully saturated rings. The van der Waals surface area contributed by atoms with Crippen molar-refractivity contribution in [3.63, 3.8) is 0 Å². The van der Waals surface area contributed by atoms with Crippen LogP contribution in [0.3, 0.4) is 0 Å². The summed E-state index contributed by atoms with van der Waals surface area (Å²) in [5, 5.41) is 0. The molecule has 2 rings (SSSR count). The standard InChI is InChI=1S/C14H19BrN4O2/c1-9-6-16-12-17-10(11(15)19(12)7-9)8-18(5)13(20)21-14(2,3)4/h6-7H,8H2,1-5H3. The van der Waals surface area contributed by atoms with Crippen molar-refractivity contribution in [1.82, 2.24) is 19.3 Å². The number of ether oxygens (including phenoxy) is 1. The van der Waals surface area contributed by atoms with E-state index in [1.807, 2.05) is 38.3 Å². The van der Waals surface area contributed by atoms with Crippen molar-refractivity contribution in [1.29, 1.82) is 0 Å². The van der Waals surface area contributed by atoms with Crippen LogP contribution in [-0.2, 0) is 11.3 Å². The number of hydrogen-bond donors (Lipinski definition) is 0. The van der Waals surface area contributed by atoms with Gasteiger partial charge in [0.15, 0.2) is 0 Å². The Balaban J connectivity index is 2.20. The van der Waals surface area contributed by atoms with Crippen LogP contribution >= 0.6 is 15.9 Å². The maximum atomic E-state index is 12.0. The summed E-state index contributed by atoms with van der Waals surface area (Å²) in [7, 11) is 1.68. The molecule has 114 valence electrons. The minimum absolute atomic E-state index is 0.345. The number of imidazole rings is 1. The van der Waals surface area contributed by atoms with Crippen LogP contribution in [0.15, 0.2) is 17.0 Å². The number of rotatable bonds is 2. The molecule has 0 spiro atoms. The molecular weight excluding hydrogens is 336 g/mol. The molecule has 0 aliphatic carbocycles. The number of fused-ring (bicyclic) bond motifs is 1. The van der Waals surface area contributed by atoms with Gasteiger partial charge in [-0.25, -0.2) is 14.8 Å². The second kappa shape index (κ2) is 5.63. The lowest BCUT2D eigenvalue weighted by Gasteiger charge is -2.24. The summed E-state index contributed by atoms with van der Waals surface area (Å²) in [6.45, 7) is 7.83. The van der Waals surface area contributed by atoms with Gasteiger partial charge in [0.05, 0.1) is 12.2 Å². The Morgan fingerprint density at radius 2 is 2.14 bits per heavy atom. The van der Waals surface area contributed by atoms with E-state index in [4.69, 9.17) is 4.74 Å². The molecule has 21 heavy (non-hydrogen) atoms. The number of halogens is 1. The number of aryl methyl sites for hydroxylation is 1. The highest BCUT2D eigenvalue weighted by molar-refractivity contribution is 9.10. The summed E-state index contributed by atoms with van der Waals surface area (Å²) in [4.78, 5) is 22.2. The molecule has 0 bridgehead atoms. The number of nitrogens with zero attached hydrogens (tertiary/aromatic N) is 4. The Kier molecular flexibility index (Phi) is 4.22. The predicted molar refractivity (Wildman–Crippen MR) is 83.1 cm³/mol. The maximum absolute atomic E-state index is 12.0. The highest BCUT2D eigenvalue weighted by atomic mass is 79.9. The topological polar surface area (TPSA) is 59.7 Å². The summed E-state index contributed by atoms with van der Waals surface area (Å²) in [5.41, 5.74) is 1.26. The zero-order chi connectivity index (χ0) is 15.8. The van der Waals surface area contributed by atoms with Crippen molar-refractivity contribution in [2.75, 3.05) is 7.05 Å². The van der Waals surface area contributed by atoms with Crippen LogP contribution in [0.4, 0.5) is 4.79 Å². The van der Waals surface area contributed by atoms with Crippen LogP contribution < -0.4 is 0 Å². The summed E-state index contributed by atoms with van der Waals surface area (Å²) in [6, 6.07) is 0. The van der Waals surface area contributed by atoms with Crippen LogP contribution in [0.1, 0.15) is 32.0 Å². The van der Waals surface area contributed by atoms with Crippen molar-refractivity contribution < 1.29 is 9.53 Å². The minimum Gasteiger partial charge on any atom is -0.444 e. The summed E-state index contributed by atoms with van der Waals surface area (Å²) < 4.78 is 7.98. The van der Waals surface area contributed by atoms with E-state index in [1.165, 1.54) is 4.90 Å². The lowest BCUT2D eigenvalue weighted by molar-refractivity contribution is 0.0283. The Labute approximate surface area is 132 Å². The normalized spacial score (nSPS) is 11.7. The second-order valence-electron chi connectivity index (χ2n) is 5.99. The van der Waals surface area contributed by atoms with E-state index in [9.17, 15) is 4.79 Å². The molecule has 6 nitrogen and oxygen atoms in total. The SMILES string of the molecule is Cc1cnc2nc(CN(C)C(=O)OC(C)(C)C)c(Br)n2c1. The number of carbonyl (C=O) groups is 1. The molecule has 0 aliphatic heterocycles. The van der Waals surface area contributed by atoms with Crippen molar-refractivity contribution in [2.45, 2.75) is 39.8 Å². The van der Waals surface area contributed by atoms with Gasteiger partial charge in [-0.1, -0.05) is 0 Å². The summed E-state index contributed by atoms with van der Waals surface area (Å²) in [5.74, 6) is 0.597. The molecule has 0 aliphatic rings. The Hall–Kier alpha value is -1.63. The zero-order valence-corrected chi connectivity index (χ0v) is 14.4. The fourth-order valence-corrected chi connectivity index (χ4v) is 2.25. The summed E-state index contributed by atoms with van der Waals surface area (Å²) in [6.07, 6.45) is 3.32. The van der Waals surface area contributed by atoms with Crippen molar-refractivity contribution in [3.05, 3.63) is 28.3 Å². The largest absolute Gasteiger partial charge is 0.444 e. The Bertz CT molecular complexity index is 675. The molecule has 2 aromatic rings. The number of carbonyl (C=O) groups excluding carboxylic acids is 1. The van der Waals surface area contributed by atoms with E-state index in [1.54, 1.807) is 13.2 Å². The van der Waals surface area contributed by atoms with Gasteiger partial charge in [0.25, 0.3) is 0 Å². The predicted octanol–water partition coefficient (Wildman–Crippen LogP) is 3.17. The first-order chi connectivity index (χ1) is 9.67. The molecule has 2 aromatic heterocycles. The quantitative estimate of drug-likeness (QED) is 0.830. The van der Waals surface area contributed by atoms with Gasteiger partial charge in [-0.2, -0.15) is 0 Å². The molecule has 0 saturated carbocycles. The molecule has 2 heterocycles. The zero-order valence-electron chi connectivity index (χ0n) is 12.8. The van der Waals surface area contributed by atoms with Gasteiger partial charge >= 0.3 is 6.09 Å². The van der Waals surface area contributed by atoms with E-state index in [0.717, 1.165) is 15.9 Å². The lowest BCUT2D eigenvalue weighted by Crippen LogP contribution is -2.33. The third-order valence-electron chi connectivity index (χ3n) is 2.71. The Morgan fingerprint density at radius 1 is 1.48 bits per heavy atom. The third kappa shape index (κ3) is 3.72. The highest BCUT2D eigenvalue weighted by Gasteiger charge is 2.21. The minimum atomic E-state index is -0.514. The van der Waals surface area contributed by atoms with Gasteiger partial charge < -0.3 is 9.64 Å². The fraction of sp³-hybridized carbons (Fsp3) is 0.500. The van der Waals surface area contributed by atoms with Gasteiger partial charge in [0, 0.05) is 19.4 Å². The molecule has 0 radical (unpaired) electrons. The van der Waals surface area contributed by atoms with Crippen LogP contribution in [0, 0.1) is 6.92 Å². The van der Waals surface area contributed by atoms with Gasteiger partial charge in [-0.15, -0.1) is 0 Å². The van der Waals surface area contributed by atoms with Gasteiger partial charge in [-0.05, 0) is 49.2 Å². The molecule has 0 atom stereocenters. The second-order valence-corrected chi connectivity index (χ2v) is 6.74. The number of aromatic nitrogens is 3. The molecule has 0 aromatic carbocycles. The third-order valence-corrected chi connectivity index (χ3v) is 3.55. The lowest BCUT2D eigenvalue weighted by atomic mass is 10.2. The molecule has 0 unspecified atom stereocenters. The van der Waals surface area contributed by atoms with Crippen LogP contribution in [0.25, 0.3) is 5.78 Å². The molecule has 0 N–H and O–H groups in total. The average molecular weight is 355 g/mol. The van der Waals surface area contributed by atoms with Crippen LogP contribution in [0.5, 0.6) is 0 Å². The summed E-state index contributed by atoms with van der Waals surface area (Å²) >= 11 is 3.51. The van der Waals surface area contributed by atoms with Crippen LogP contribution in [-0.4, -0.2) is 38.0 Å². The molecule has 1 amide bonds. The van der Waals surface area contributed by atoms with Gasteiger partial charge in [0.2, 0.25) is 5.78 Å². The Morgan fingerprint density at radius 3 is 2.76 bits per heavy atom. The smallest absolute Gasteiger partial charge is 0.410 e. The van der Waals surface area contributed by atoms with E-state index < -0.39 is 5.60 Å². The monoisotopic (exact) mass is 354 g/mol. The van der Waals surface area contributed by atoms with Crippen LogP contribution in [0.2, 0.25) is 0 Å². The van der Waals surface area contributed by atoms with Gasteiger partial charge in [-0.3, -0.25) is 4.40 Å². The van der Waals surface area contributed by atoms with E-state index in [-0.39, 0.29) is 6.09 Å². The van der Waals surface area contributed by atoms with Crippen molar-refractivity contribution in [2.24, 2.45) is 0 Å². The van der Waals surface area contributed by atoms with E-state index in [0.29, 0.717) is 12.3 Å². The van der Waals surface area contributed by atoms with Crippen molar-refractivity contribution >= 4 is 27.8 Å². The van der Waals surface area contributed by atoms with E-state index in [2.05, 4.69) is 25.9 Å². The van der Waals surface area contributed by atoms with Crippen molar-refractivity contribution in [3.8, 4) is 0 Å². The maximum Gasteiger partial charge on any atom is 0.410 e. The first-order valence-electron chi connectivity index (χ1n) is 6.60. The molecular formula is C14H19BrN4O2. The molecule has 7 heteroatoms. The highest BCUT2D eigenvalue weighted by Crippen LogP contribution is 2.20. The fourth-order valence-electron chi connectivity index (χ4n) is 1.78. The first kappa shape index (κ1) is 15.8. The number of amides is 1. The first-order valence-corrected chi connectivity index (χ1v) is 7.40. The molecule has 0 saturated heterocycles. The average Bonchev–Trinajstić information content (AvgIpc) is 2.64. The number of hydrogen-bond acceptors (Lipinski definition) is 4. The van der Waals surface area contributed by atoms with E-state index >= 15 is 0 Å².